The number of ether oxygens (including phenoxy) is 2. The lowest BCUT2D eigenvalue weighted by molar-refractivity contribution is 0.0561. The Morgan fingerprint density at radius 2 is 1.96 bits per heavy atom. The van der Waals surface area contributed by atoms with Crippen molar-refractivity contribution in [3.63, 3.8) is 0 Å². The second-order valence-corrected chi connectivity index (χ2v) is 5.63. The van der Waals surface area contributed by atoms with Crippen LogP contribution < -0.4 is 10.4 Å². The predicted molar refractivity (Wildman–Crippen MR) is 91.0 cm³/mol. The summed E-state index contributed by atoms with van der Waals surface area (Å²) in [6.07, 6.45) is 0.675. The van der Waals surface area contributed by atoms with Gasteiger partial charge in [-0.1, -0.05) is 6.92 Å². The van der Waals surface area contributed by atoms with Gasteiger partial charge in [0.1, 0.15) is 23.7 Å². The highest BCUT2D eigenvalue weighted by Crippen LogP contribution is 2.31. The molecule has 0 aliphatic rings. The molecule has 3 rings (SSSR count). The Morgan fingerprint density at radius 1 is 1.16 bits per heavy atom. The highest BCUT2D eigenvalue weighted by atomic mass is 16.5. The molecule has 3 aromatic rings. The van der Waals surface area contributed by atoms with Crippen molar-refractivity contribution < 1.29 is 23.1 Å². The molecule has 0 radical (unpaired) electrons. The van der Waals surface area contributed by atoms with Crippen LogP contribution in [0.25, 0.3) is 11.0 Å². The van der Waals surface area contributed by atoms with Crippen LogP contribution >= 0.6 is 0 Å². The Balaban J connectivity index is 1.94. The topological polar surface area (TPSA) is 78.9 Å². The maximum atomic E-state index is 11.7. The minimum absolute atomic E-state index is 0.121. The first-order chi connectivity index (χ1) is 12.0. The summed E-state index contributed by atoms with van der Waals surface area (Å²) in [4.78, 5) is 23.1. The Hall–Kier alpha value is -3.02. The maximum Gasteiger partial charge on any atom is 0.373 e. The van der Waals surface area contributed by atoms with Crippen molar-refractivity contribution in [1.82, 2.24) is 0 Å². The Morgan fingerprint density at radius 3 is 2.68 bits per heavy atom. The number of hydrogen-bond donors (Lipinski definition) is 0. The van der Waals surface area contributed by atoms with E-state index in [-0.39, 0.29) is 18.0 Å². The molecule has 2 heterocycles. The van der Waals surface area contributed by atoms with Crippen LogP contribution in [0.3, 0.4) is 0 Å². The molecule has 0 aliphatic carbocycles. The lowest BCUT2D eigenvalue weighted by atomic mass is 10.1. The molecule has 0 amide bonds. The van der Waals surface area contributed by atoms with Crippen LogP contribution in [0.4, 0.5) is 0 Å². The highest BCUT2D eigenvalue weighted by Gasteiger charge is 2.14. The zero-order chi connectivity index (χ0) is 18.0. The second-order valence-electron chi connectivity index (χ2n) is 5.63. The minimum atomic E-state index is -0.540. The van der Waals surface area contributed by atoms with E-state index in [4.69, 9.17) is 13.6 Å². The third-order valence-electron chi connectivity index (χ3n) is 3.83. The van der Waals surface area contributed by atoms with Crippen LogP contribution in [0, 0.1) is 6.92 Å². The van der Waals surface area contributed by atoms with Crippen molar-refractivity contribution in [3.05, 3.63) is 63.4 Å². The molecule has 0 aliphatic heterocycles. The van der Waals surface area contributed by atoms with Crippen molar-refractivity contribution >= 4 is 16.9 Å². The summed E-state index contributed by atoms with van der Waals surface area (Å²) in [6, 6.07) is 8.36. The van der Waals surface area contributed by atoms with Gasteiger partial charge in [-0.15, -0.1) is 0 Å². The summed E-state index contributed by atoms with van der Waals surface area (Å²) in [6.45, 7) is 4.00. The van der Waals surface area contributed by atoms with Gasteiger partial charge in [-0.25, -0.2) is 9.59 Å². The number of fused-ring (bicyclic) bond motifs is 1. The fraction of sp³-hybridized carbons (Fsp3) is 0.263. The summed E-state index contributed by atoms with van der Waals surface area (Å²) in [5.74, 6) is 0.676. The van der Waals surface area contributed by atoms with Gasteiger partial charge >= 0.3 is 11.6 Å². The van der Waals surface area contributed by atoms with Gasteiger partial charge in [-0.2, -0.15) is 0 Å². The van der Waals surface area contributed by atoms with Crippen LogP contribution in [0.2, 0.25) is 0 Å². The number of carbonyl (C=O) groups excluding carboxylic acids is 1. The van der Waals surface area contributed by atoms with Crippen molar-refractivity contribution in [2.45, 2.75) is 26.9 Å². The summed E-state index contributed by atoms with van der Waals surface area (Å²) in [5, 5.41) is 0.771. The van der Waals surface area contributed by atoms with Crippen molar-refractivity contribution in [1.29, 1.82) is 0 Å². The fourth-order valence-corrected chi connectivity index (χ4v) is 2.68. The van der Waals surface area contributed by atoms with Gasteiger partial charge in [-0.3, -0.25) is 0 Å². The molecule has 130 valence electrons. The highest BCUT2D eigenvalue weighted by molar-refractivity contribution is 5.87. The number of methoxy groups -OCH3 is 1. The smallest absolute Gasteiger partial charge is 0.373 e. The average molecular weight is 342 g/mol. The first-order valence-electron chi connectivity index (χ1n) is 7.89. The van der Waals surface area contributed by atoms with Gasteiger partial charge in [-0.05, 0) is 48.7 Å². The molecule has 0 fully saturated rings. The van der Waals surface area contributed by atoms with Gasteiger partial charge in [0, 0.05) is 6.07 Å². The molecule has 0 N–H and O–H groups in total. The van der Waals surface area contributed by atoms with E-state index in [1.165, 1.54) is 19.2 Å². The largest absolute Gasteiger partial charge is 0.485 e. The zero-order valence-electron chi connectivity index (χ0n) is 14.3. The first kappa shape index (κ1) is 16.8. The van der Waals surface area contributed by atoms with Crippen molar-refractivity contribution in [2.24, 2.45) is 0 Å². The molecule has 2 aromatic heterocycles. The number of aryl methyl sites for hydroxylation is 2. The molecule has 0 spiro atoms. The van der Waals surface area contributed by atoms with E-state index in [0.29, 0.717) is 23.5 Å². The third kappa shape index (κ3) is 3.42. The zero-order valence-corrected chi connectivity index (χ0v) is 14.3. The van der Waals surface area contributed by atoms with Crippen molar-refractivity contribution in [2.75, 3.05) is 7.11 Å². The molecule has 0 atom stereocenters. The standard InChI is InChI=1S/C19H18O6/c1-4-12-9-17(20)25-16-8-11(2)7-15(18(12)16)23-10-13-5-6-14(24-13)19(21)22-3/h5-9H,4,10H2,1-3H3. The van der Waals surface area contributed by atoms with E-state index in [0.717, 1.165) is 16.5 Å². The quantitative estimate of drug-likeness (QED) is 0.520. The monoisotopic (exact) mass is 342 g/mol. The molecule has 6 heteroatoms. The molecule has 6 nitrogen and oxygen atoms in total. The normalized spacial score (nSPS) is 10.8. The van der Waals surface area contributed by atoms with Crippen LogP contribution in [-0.2, 0) is 17.8 Å². The predicted octanol–water partition coefficient (Wildman–Crippen LogP) is 3.62. The molecule has 0 bridgehead atoms. The van der Waals surface area contributed by atoms with Crippen LogP contribution in [0.5, 0.6) is 5.75 Å². The lowest BCUT2D eigenvalue weighted by Crippen LogP contribution is -2.03. The van der Waals surface area contributed by atoms with Crippen LogP contribution in [0.1, 0.15) is 34.4 Å². The van der Waals surface area contributed by atoms with Crippen molar-refractivity contribution in [3.8, 4) is 5.75 Å². The first-order valence-corrected chi connectivity index (χ1v) is 7.89. The van der Waals surface area contributed by atoms with E-state index >= 15 is 0 Å². The summed E-state index contributed by atoms with van der Waals surface area (Å²) >= 11 is 0. The summed E-state index contributed by atoms with van der Waals surface area (Å²) in [7, 11) is 1.29. The number of carbonyl (C=O) groups is 1. The molecule has 0 unspecified atom stereocenters. The number of benzene rings is 1. The SMILES string of the molecule is CCc1cc(=O)oc2cc(C)cc(OCc3ccc(C(=O)OC)o3)c12. The number of rotatable bonds is 5. The number of hydrogen-bond acceptors (Lipinski definition) is 6. The van der Waals surface area contributed by atoms with Crippen LogP contribution in [-0.4, -0.2) is 13.1 Å². The molecule has 1 aromatic carbocycles. The molecule has 25 heavy (non-hydrogen) atoms. The van der Waals surface area contributed by atoms with Gasteiger partial charge in [0.2, 0.25) is 5.76 Å². The van der Waals surface area contributed by atoms with E-state index < -0.39 is 5.97 Å². The maximum absolute atomic E-state index is 11.7. The molecular formula is C19H18O6. The second kappa shape index (κ2) is 6.84. The summed E-state index contributed by atoms with van der Waals surface area (Å²) < 4.78 is 21.2. The van der Waals surface area contributed by atoms with E-state index in [1.54, 1.807) is 6.07 Å². The average Bonchev–Trinajstić information content (AvgIpc) is 3.06. The Bertz CT molecular complexity index is 979. The number of esters is 1. The van der Waals surface area contributed by atoms with Gasteiger partial charge < -0.3 is 18.3 Å². The minimum Gasteiger partial charge on any atom is -0.485 e. The van der Waals surface area contributed by atoms with E-state index in [2.05, 4.69) is 4.74 Å². The van der Waals surface area contributed by atoms with Crippen LogP contribution in [0.15, 0.2) is 44.0 Å². The fourth-order valence-electron chi connectivity index (χ4n) is 2.68. The van der Waals surface area contributed by atoms with E-state index in [1.807, 2.05) is 26.0 Å². The van der Waals surface area contributed by atoms with Gasteiger partial charge in [0.15, 0.2) is 0 Å². The third-order valence-corrected chi connectivity index (χ3v) is 3.83. The Kier molecular flexibility index (Phi) is 4.61. The molecular weight excluding hydrogens is 324 g/mol. The molecule has 0 saturated heterocycles. The Labute approximate surface area is 144 Å². The molecule has 0 saturated carbocycles. The van der Waals surface area contributed by atoms with E-state index in [9.17, 15) is 9.59 Å². The number of furan rings is 1. The lowest BCUT2D eigenvalue weighted by Gasteiger charge is -2.11. The van der Waals surface area contributed by atoms with Gasteiger partial charge in [0.25, 0.3) is 0 Å². The summed E-state index contributed by atoms with van der Waals surface area (Å²) in [5.41, 5.74) is 1.88. The van der Waals surface area contributed by atoms with Gasteiger partial charge in [0.05, 0.1) is 12.5 Å².